The van der Waals surface area contributed by atoms with Crippen molar-refractivity contribution >= 4 is 5.97 Å². The van der Waals surface area contributed by atoms with Gasteiger partial charge in [0.25, 0.3) is 0 Å². The lowest BCUT2D eigenvalue weighted by Crippen LogP contribution is -2.22. The largest absolute Gasteiger partial charge is 0.545 e. The Morgan fingerprint density at radius 1 is 1.39 bits per heavy atom. The Hall–Kier alpha value is -2.02. The highest BCUT2D eigenvalue weighted by atomic mass is 16.5. The Bertz CT molecular complexity index is 449. The van der Waals surface area contributed by atoms with Gasteiger partial charge >= 0.3 is 0 Å². The monoisotopic (exact) mass is 246 g/mol. The first-order valence-corrected chi connectivity index (χ1v) is 6.07. The SMILES string of the molecule is CCCCCCOc1ccc(C(=O)[O-])cc1C#N. The molecule has 1 rings (SSSR count). The van der Waals surface area contributed by atoms with Crippen molar-refractivity contribution in [2.24, 2.45) is 0 Å². The highest BCUT2D eigenvalue weighted by Gasteiger charge is 2.05. The Balaban J connectivity index is 2.61. The third-order valence-corrected chi connectivity index (χ3v) is 2.59. The second-order valence-corrected chi connectivity index (χ2v) is 4.02. The summed E-state index contributed by atoms with van der Waals surface area (Å²) in [6, 6.07) is 6.09. The quantitative estimate of drug-likeness (QED) is 0.688. The smallest absolute Gasteiger partial charge is 0.137 e. The minimum atomic E-state index is -1.29. The molecule has 1 aromatic rings. The van der Waals surface area contributed by atoms with Gasteiger partial charge in [-0.1, -0.05) is 26.2 Å². The van der Waals surface area contributed by atoms with Crippen molar-refractivity contribution in [1.82, 2.24) is 0 Å². The topological polar surface area (TPSA) is 73.2 Å². The third kappa shape index (κ3) is 4.10. The van der Waals surface area contributed by atoms with Crippen molar-refractivity contribution in [3.05, 3.63) is 29.3 Å². The standard InChI is InChI=1S/C14H17NO3/c1-2-3-4-5-8-18-13-7-6-11(14(16)17)9-12(13)10-15/h6-7,9H,2-5,8H2,1H3,(H,16,17)/p-1. The molecule has 1 aromatic carbocycles. The van der Waals surface area contributed by atoms with Crippen molar-refractivity contribution in [1.29, 1.82) is 5.26 Å². The number of nitriles is 1. The molecule has 0 spiro atoms. The summed E-state index contributed by atoms with van der Waals surface area (Å²) in [4.78, 5) is 10.7. The molecule has 0 heterocycles. The van der Waals surface area contributed by atoms with Crippen LogP contribution in [0.3, 0.4) is 0 Å². The number of hydrogen-bond donors (Lipinski definition) is 0. The predicted molar refractivity (Wildman–Crippen MR) is 65.1 cm³/mol. The average molecular weight is 246 g/mol. The number of hydrogen-bond acceptors (Lipinski definition) is 4. The van der Waals surface area contributed by atoms with E-state index >= 15 is 0 Å². The lowest BCUT2D eigenvalue weighted by molar-refractivity contribution is -0.255. The van der Waals surface area contributed by atoms with Crippen LogP contribution >= 0.6 is 0 Å². The normalized spacial score (nSPS) is 9.78. The number of carbonyl (C=O) groups is 1. The molecule has 96 valence electrons. The molecular weight excluding hydrogens is 230 g/mol. The molecule has 0 atom stereocenters. The Morgan fingerprint density at radius 2 is 2.17 bits per heavy atom. The second kappa shape index (κ2) is 7.33. The summed E-state index contributed by atoms with van der Waals surface area (Å²) < 4.78 is 5.47. The first-order chi connectivity index (χ1) is 8.69. The maximum Gasteiger partial charge on any atom is 0.137 e. The van der Waals surface area contributed by atoms with Gasteiger partial charge in [-0.15, -0.1) is 0 Å². The number of carboxylic acids is 1. The van der Waals surface area contributed by atoms with Crippen LogP contribution in [0.1, 0.15) is 48.5 Å². The van der Waals surface area contributed by atoms with Crippen molar-refractivity contribution in [2.45, 2.75) is 32.6 Å². The van der Waals surface area contributed by atoms with Crippen molar-refractivity contribution < 1.29 is 14.6 Å². The van der Waals surface area contributed by atoms with Crippen LogP contribution in [0.15, 0.2) is 18.2 Å². The number of benzene rings is 1. The van der Waals surface area contributed by atoms with Crippen LogP contribution in [-0.4, -0.2) is 12.6 Å². The van der Waals surface area contributed by atoms with E-state index in [4.69, 9.17) is 10.00 Å². The van der Waals surface area contributed by atoms with E-state index in [1.807, 2.05) is 6.07 Å². The third-order valence-electron chi connectivity index (χ3n) is 2.59. The zero-order chi connectivity index (χ0) is 13.4. The fourth-order valence-corrected chi connectivity index (χ4v) is 1.58. The van der Waals surface area contributed by atoms with Gasteiger partial charge in [-0.05, 0) is 30.2 Å². The number of carboxylic acid groups (broad SMARTS) is 1. The summed E-state index contributed by atoms with van der Waals surface area (Å²) in [6.45, 7) is 2.67. The molecule has 18 heavy (non-hydrogen) atoms. The Labute approximate surface area is 107 Å². The minimum Gasteiger partial charge on any atom is -0.545 e. The average Bonchev–Trinajstić information content (AvgIpc) is 2.38. The van der Waals surface area contributed by atoms with Crippen LogP contribution in [0.2, 0.25) is 0 Å². The molecule has 0 aliphatic carbocycles. The Kier molecular flexibility index (Phi) is 5.72. The molecule has 4 nitrogen and oxygen atoms in total. The van der Waals surface area contributed by atoms with E-state index in [1.165, 1.54) is 18.2 Å². The number of unbranched alkanes of at least 4 members (excludes halogenated alkanes) is 3. The summed E-state index contributed by atoms with van der Waals surface area (Å²) in [5.41, 5.74) is 0.220. The lowest BCUT2D eigenvalue weighted by Gasteiger charge is -2.09. The molecule has 0 amide bonds. The summed E-state index contributed by atoms with van der Waals surface area (Å²) in [7, 11) is 0. The maximum atomic E-state index is 10.7. The molecule has 0 radical (unpaired) electrons. The number of ether oxygens (including phenoxy) is 1. The molecule has 0 bridgehead atoms. The van der Waals surface area contributed by atoms with Gasteiger partial charge in [0.05, 0.1) is 18.1 Å². The van der Waals surface area contributed by atoms with Gasteiger partial charge in [-0.2, -0.15) is 5.26 Å². The maximum absolute atomic E-state index is 10.7. The van der Waals surface area contributed by atoms with Crippen LogP contribution in [-0.2, 0) is 0 Å². The highest BCUT2D eigenvalue weighted by molar-refractivity contribution is 5.86. The van der Waals surface area contributed by atoms with Crippen molar-refractivity contribution in [3.63, 3.8) is 0 Å². The van der Waals surface area contributed by atoms with Crippen LogP contribution in [0, 0.1) is 11.3 Å². The highest BCUT2D eigenvalue weighted by Crippen LogP contribution is 2.19. The van der Waals surface area contributed by atoms with Gasteiger partial charge in [0, 0.05) is 0 Å². The molecule has 0 aliphatic heterocycles. The van der Waals surface area contributed by atoms with E-state index in [2.05, 4.69) is 6.92 Å². The van der Waals surface area contributed by atoms with E-state index in [-0.39, 0.29) is 11.1 Å². The number of rotatable bonds is 7. The van der Waals surface area contributed by atoms with Gasteiger partial charge < -0.3 is 14.6 Å². The fraction of sp³-hybridized carbons (Fsp3) is 0.429. The first kappa shape index (κ1) is 14.0. The van der Waals surface area contributed by atoms with Gasteiger partial charge in [-0.25, -0.2) is 0 Å². The van der Waals surface area contributed by atoms with E-state index in [9.17, 15) is 9.90 Å². The summed E-state index contributed by atoms with van der Waals surface area (Å²) >= 11 is 0. The van der Waals surface area contributed by atoms with Gasteiger partial charge in [-0.3, -0.25) is 0 Å². The van der Waals surface area contributed by atoms with Crippen molar-refractivity contribution in [3.8, 4) is 11.8 Å². The Morgan fingerprint density at radius 3 is 2.78 bits per heavy atom. The van der Waals surface area contributed by atoms with Crippen LogP contribution in [0.5, 0.6) is 5.75 Å². The van der Waals surface area contributed by atoms with E-state index < -0.39 is 5.97 Å². The molecule has 0 saturated heterocycles. The fourth-order valence-electron chi connectivity index (χ4n) is 1.58. The van der Waals surface area contributed by atoms with Gasteiger partial charge in [0.15, 0.2) is 0 Å². The summed E-state index contributed by atoms with van der Waals surface area (Å²) in [6.07, 6.45) is 4.35. The molecule has 0 aromatic heterocycles. The molecule has 0 unspecified atom stereocenters. The van der Waals surface area contributed by atoms with Gasteiger partial charge in [0.2, 0.25) is 0 Å². The summed E-state index contributed by atoms with van der Waals surface area (Å²) in [5.74, 6) is -0.861. The molecule has 0 fully saturated rings. The number of aromatic carboxylic acids is 1. The predicted octanol–water partition coefficient (Wildman–Crippen LogP) is 1.88. The first-order valence-electron chi connectivity index (χ1n) is 6.07. The number of carbonyl (C=O) groups excluding carboxylic acids is 1. The van der Waals surface area contributed by atoms with E-state index in [0.717, 1.165) is 25.7 Å². The van der Waals surface area contributed by atoms with E-state index in [0.29, 0.717) is 12.4 Å². The van der Waals surface area contributed by atoms with Crippen molar-refractivity contribution in [2.75, 3.05) is 6.61 Å². The molecule has 0 N–H and O–H groups in total. The molecular formula is C14H16NO3-. The lowest BCUT2D eigenvalue weighted by atomic mass is 10.1. The molecule has 0 aliphatic rings. The van der Waals surface area contributed by atoms with Crippen LogP contribution in [0.4, 0.5) is 0 Å². The van der Waals surface area contributed by atoms with E-state index in [1.54, 1.807) is 0 Å². The van der Waals surface area contributed by atoms with Crippen LogP contribution < -0.4 is 9.84 Å². The van der Waals surface area contributed by atoms with Crippen LogP contribution in [0.25, 0.3) is 0 Å². The second-order valence-electron chi connectivity index (χ2n) is 4.02. The molecule has 4 heteroatoms. The molecule has 0 saturated carbocycles. The summed E-state index contributed by atoms with van der Waals surface area (Å²) in [5, 5.41) is 19.6. The zero-order valence-electron chi connectivity index (χ0n) is 10.4. The van der Waals surface area contributed by atoms with Gasteiger partial charge in [0.1, 0.15) is 11.8 Å². The minimum absolute atomic E-state index is 0.00937. The number of nitrogens with zero attached hydrogens (tertiary/aromatic N) is 1. The zero-order valence-corrected chi connectivity index (χ0v) is 10.4.